The molecule has 3 rings (SSSR count). The molecule has 28 heavy (non-hydrogen) atoms. The summed E-state index contributed by atoms with van der Waals surface area (Å²) >= 11 is 0. The van der Waals surface area contributed by atoms with Crippen LogP contribution >= 0.6 is 0 Å². The molecule has 0 radical (unpaired) electrons. The first-order chi connectivity index (χ1) is 13.4. The van der Waals surface area contributed by atoms with Gasteiger partial charge in [0.25, 0.3) is 11.8 Å². The molecule has 2 amide bonds. The highest BCUT2D eigenvalue weighted by Gasteiger charge is 2.27. The number of ether oxygens (including phenoxy) is 3. The lowest BCUT2D eigenvalue weighted by atomic mass is 10.2. The van der Waals surface area contributed by atoms with Crippen molar-refractivity contribution in [1.29, 1.82) is 0 Å². The first kappa shape index (κ1) is 19.1. The molecule has 146 valence electrons. The van der Waals surface area contributed by atoms with Crippen molar-refractivity contribution >= 4 is 17.8 Å². The van der Waals surface area contributed by atoms with Gasteiger partial charge in [0.05, 0.1) is 5.56 Å². The minimum absolute atomic E-state index is 0.0567. The van der Waals surface area contributed by atoms with Gasteiger partial charge in [-0.15, -0.1) is 0 Å². The third-order valence-electron chi connectivity index (χ3n) is 3.56. The molecule has 0 aromatic heterocycles. The van der Waals surface area contributed by atoms with Gasteiger partial charge in [-0.2, -0.15) is 0 Å². The predicted octanol–water partition coefficient (Wildman–Crippen LogP) is 1.11. The molecule has 0 saturated heterocycles. The lowest BCUT2D eigenvalue weighted by Crippen LogP contribution is -2.51. The summed E-state index contributed by atoms with van der Waals surface area (Å²) in [5.41, 5.74) is 3.76. The quantitative estimate of drug-likeness (QED) is 0.597. The van der Waals surface area contributed by atoms with Gasteiger partial charge in [-0.05, 0) is 24.3 Å². The molecule has 10 heteroatoms. The molecule has 1 atom stereocenters. The Kier molecular flexibility index (Phi) is 5.68. The Morgan fingerprint density at radius 2 is 1.71 bits per heavy atom. The largest absolute Gasteiger partial charge is 0.485 e. The summed E-state index contributed by atoms with van der Waals surface area (Å²) < 4.78 is 41.6. The van der Waals surface area contributed by atoms with Crippen molar-refractivity contribution in [2.24, 2.45) is 0 Å². The number of rotatable bonds is 4. The Balaban J connectivity index is 1.44. The van der Waals surface area contributed by atoms with Gasteiger partial charge in [0, 0.05) is 6.07 Å². The number of carbonyl (C=O) groups excluding carboxylic acids is 3. The average molecular weight is 392 g/mol. The third-order valence-corrected chi connectivity index (χ3v) is 3.56. The molecule has 1 heterocycles. The number of halogens is 2. The average Bonchev–Trinajstić information content (AvgIpc) is 2.69. The Morgan fingerprint density at radius 3 is 2.43 bits per heavy atom. The minimum atomic E-state index is -1.10. The molecule has 2 N–H and O–H groups in total. The van der Waals surface area contributed by atoms with Gasteiger partial charge in [0.1, 0.15) is 18.2 Å². The van der Waals surface area contributed by atoms with Crippen molar-refractivity contribution in [3.8, 4) is 11.5 Å². The Bertz CT molecular complexity index is 900. The van der Waals surface area contributed by atoms with Crippen molar-refractivity contribution < 1.29 is 37.4 Å². The molecule has 2 aromatic rings. The molecule has 0 unspecified atom stereocenters. The van der Waals surface area contributed by atoms with Gasteiger partial charge in [-0.25, -0.2) is 13.6 Å². The maximum atomic E-state index is 13.1. The van der Waals surface area contributed by atoms with E-state index >= 15 is 0 Å². The standard InChI is InChI=1S/C18H14F2N2O6/c19-11-5-10(6-12(20)7-11)18(25)27-9-16(23)21-22-17(24)15-8-26-13-3-1-2-4-14(13)28-15/h1-7,15H,8-9H2,(H,21,23)(H,22,24)/t15-/m0/s1. The lowest BCUT2D eigenvalue weighted by Gasteiger charge is -2.25. The number of carbonyl (C=O) groups is 3. The van der Waals surface area contributed by atoms with Crippen molar-refractivity contribution in [1.82, 2.24) is 10.9 Å². The number of esters is 1. The molecule has 1 aliphatic rings. The zero-order valence-corrected chi connectivity index (χ0v) is 14.2. The number of hydrogen-bond donors (Lipinski definition) is 2. The summed E-state index contributed by atoms with van der Waals surface area (Å²) in [4.78, 5) is 35.4. The highest BCUT2D eigenvalue weighted by molar-refractivity contribution is 5.91. The fourth-order valence-electron chi connectivity index (χ4n) is 2.28. The first-order valence-electron chi connectivity index (χ1n) is 8.03. The Labute approximate surface area is 157 Å². The van der Waals surface area contributed by atoms with E-state index in [1.165, 1.54) is 0 Å². The number of hydrogen-bond acceptors (Lipinski definition) is 6. The van der Waals surface area contributed by atoms with E-state index in [1.807, 2.05) is 5.43 Å². The maximum absolute atomic E-state index is 13.1. The smallest absolute Gasteiger partial charge is 0.338 e. The van der Waals surface area contributed by atoms with Crippen LogP contribution in [0, 0.1) is 11.6 Å². The molecular weight excluding hydrogens is 378 g/mol. The lowest BCUT2D eigenvalue weighted by molar-refractivity contribution is -0.135. The Morgan fingerprint density at radius 1 is 1.04 bits per heavy atom. The van der Waals surface area contributed by atoms with Crippen LogP contribution in [0.4, 0.5) is 8.78 Å². The molecule has 0 aliphatic carbocycles. The molecule has 1 aliphatic heterocycles. The van der Waals surface area contributed by atoms with E-state index in [9.17, 15) is 23.2 Å². The second-order valence-corrected chi connectivity index (χ2v) is 5.64. The van der Waals surface area contributed by atoms with Gasteiger partial charge in [0.15, 0.2) is 18.1 Å². The number of hydrazine groups is 1. The summed E-state index contributed by atoms with van der Waals surface area (Å²) in [6.07, 6.45) is -0.993. The number of para-hydroxylation sites is 2. The van der Waals surface area contributed by atoms with Crippen molar-refractivity contribution in [3.63, 3.8) is 0 Å². The summed E-state index contributed by atoms with van der Waals surface area (Å²) in [5.74, 6) is -3.68. The molecular formula is C18H14F2N2O6. The van der Waals surface area contributed by atoms with Crippen molar-refractivity contribution in [2.75, 3.05) is 13.2 Å². The number of benzene rings is 2. The fourth-order valence-corrected chi connectivity index (χ4v) is 2.28. The summed E-state index contributed by atoms with van der Waals surface area (Å²) in [6.45, 7) is -0.832. The highest BCUT2D eigenvalue weighted by atomic mass is 19.1. The van der Waals surface area contributed by atoms with E-state index < -0.39 is 42.1 Å². The molecule has 0 fully saturated rings. The highest BCUT2D eigenvalue weighted by Crippen LogP contribution is 2.30. The van der Waals surface area contributed by atoms with Crippen molar-refractivity contribution in [3.05, 3.63) is 59.7 Å². The van der Waals surface area contributed by atoms with E-state index in [1.54, 1.807) is 24.3 Å². The van der Waals surface area contributed by atoms with E-state index in [2.05, 4.69) is 10.2 Å². The molecule has 8 nitrogen and oxygen atoms in total. The van der Waals surface area contributed by atoms with Gasteiger partial charge < -0.3 is 14.2 Å². The second kappa shape index (κ2) is 8.33. The van der Waals surface area contributed by atoms with Crippen LogP contribution in [0.15, 0.2) is 42.5 Å². The molecule has 0 spiro atoms. The molecule has 2 aromatic carbocycles. The summed E-state index contributed by atoms with van der Waals surface area (Å²) in [6, 6.07) is 8.90. The molecule has 0 bridgehead atoms. The summed E-state index contributed by atoms with van der Waals surface area (Å²) in [5, 5.41) is 0. The zero-order valence-electron chi connectivity index (χ0n) is 14.2. The van der Waals surface area contributed by atoms with Crippen LogP contribution in [0.25, 0.3) is 0 Å². The molecule has 0 saturated carbocycles. The van der Waals surface area contributed by atoms with Crippen LogP contribution in [0.2, 0.25) is 0 Å². The van der Waals surface area contributed by atoms with Gasteiger partial charge in [-0.1, -0.05) is 12.1 Å². The van der Waals surface area contributed by atoms with Crippen LogP contribution in [0.1, 0.15) is 10.4 Å². The van der Waals surface area contributed by atoms with Crippen LogP contribution in [-0.4, -0.2) is 37.1 Å². The van der Waals surface area contributed by atoms with Crippen LogP contribution < -0.4 is 20.3 Å². The number of fused-ring (bicyclic) bond motifs is 1. The minimum Gasteiger partial charge on any atom is -0.485 e. The SMILES string of the molecule is O=C(COC(=O)c1cc(F)cc(F)c1)NNC(=O)[C@@H]1COc2ccccc2O1. The van der Waals surface area contributed by atoms with E-state index in [-0.39, 0.29) is 12.2 Å². The topological polar surface area (TPSA) is 103 Å². The Hall–Kier alpha value is -3.69. The second-order valence-electron chi connectivity index (χ2n) is 5.64. The van der Waals surface area contributed by atoms with E-state index in [0.29, 0.717) is 17.6 Å². The van der Waals surface area contributed by atoms with Crippen molar-refractivity contribution in [2.45, 2.75) is 6.10 Å². The number of nitrogens with one attached hydrogen (secondary N) is 2. The summed E-state index contributed by atoms with van der Waals surface area (Å²) in [7, 11) is 0. The van der Waals surface area contributed by atoms with Crippen LogP contribution in [0.5, 0.6) is 11.5 Å². The van der Waals surface area contributed by atoms with E-state index in [0.717, 1.165) is 12.1 Å². The maximum Gasteiger partial charge on any atom is 0.338 e. The van der Waals surface area contributed by atoms with Gasteiger partial charge in [0.2, 0.25) is 6.10 Å². The third kappa shape index (κ3) is 4.72. The fraction of sp³-hybridized carbons (Fsp3) is 0.167. The van der Waals surface area contributed by atoms with Gasteiger partial charge in [-0.3, -0.25) is 20.4 Å². The van der Waals surface area contributed by atoms with Gasteiger partial charge >= 0.3 is 5.97 Å². The first-order valence-corrected chi connectivity index (χ1v) is 8.03. The monoisotopic (exact) mass is 392 g/mol. The van der Waals surface area contributed by atoms with Crippen LogP contribution in [0.3, 0.4) is 0 Å². The number of amides is 2. The normalized spacial score (nSPS) is 14.7. The van der Waals surface area contributed by atoms with E-state index in [4.69, 9.17) is 9.47 Å². The zero-order chi connectivity index (χ0) is 20.1. The predicted molar refractivity (Wildman–Crippen MR) is 89.3 cm³/mol. The van der Waals surface area contributed by atoms with Crippen LogP contribution in [-0.2, 0) is 14.3 Å².